The molecular weight excluding hydrogens is 462 g/mol. The lowest BCUT2D eigenvalue weighted by Gasteiger charge is -2.29. The van der Waals surface area contributed by atoms with Gasteiger partial charge in [0.2, 0.25) is 0 Å². The Hall–Kier alpha value is -4.01. The van der Waals surface area contributed by atoms with E-state index in [0.717, 1.165) is 18.4 Å². The summed E-state index contributed by atoms with van der Waals surface area (Å²) in [4.78, 5) is 37.3. The summed E-state index contributed by atoms with van der Waals surface area (Å²) in [6, 6.07) is 13.8. The fraction of sp³-hybridized carbons (Fsp3) is 0.370. The zero-order valence-corrected chi connectivity index (χ0v) is 20.9. The number of esters is 1. The molecule has 1 atom stereocenters. The van der Waals surface area contributed by atoms with Crippen LogP contribution in [-0.2, 0) is 20.7 Å². The number of rotatable bonds is 12. The summed E-state index contributed by atoms with van der Waals surface area (Å²) in [6.45, 7) is 4.23. The minimum atomic E-state index is -0.719. The zero-order chi connectivity index (χ0) is 25.9. The number of hydrogen-bond donors (Lipinski definition) is 3. The lowest BCUT2D eigenvalue weighted by atomic mass is 9.93. The van der Waals surface area contributed by atoms with Crippen LogP contribution in [-0.4, -0.2) is 44.8 Å². The molecule has 192 valence electrons. The lowest BCUT2D eigenvalue weighted by Crippen LogP contribution is -2.46. The van der Waals surface area contributed by atoms with Crippen LogP contribution in [0, 0.1) is 0 Å². The Kier molecular flexibility index (Phi) is 9.73. The van der Waals surface area contributed by atoms with Gasteiger partial charge in [0.1, 0.15) is 0 Å². The molecule has 0 radical (unpaired) electrons. The minimum absolute atomic E-state index is 0.177. The van der Waals surface area contributed by atoms with Gasteiger partial charge in [-0.25, -0.2) is 9.59 Å². The summed E-state index contributed by atoms with van der Waals surface area (Å²) in [6.07, 6.45) is 1.99. The Bertz CT molecular complexity index is 1100. The molecule has 0 saturated carbocycles. The Morgan fingerprint density at radius 1 is 1.03 bits per heavy atom. The molecular formula is C27H33N3O6. The van der Waals surface area contributed by atoms with Crippen LogP contribution in [0.25, 0.3) is 0 Å². The van der Waals surface area contributed by atoms with Crippen molar-refractivity contribution in [3.63, 3.8) is 0 Å². The minimum Gasteiger partial charge on any atom is -0.493 e. The van der Waals surface area contributed by atoms with Gasteiger partial charge in [-0.1, -0.05) is 49.7 Å². The maximum Gasteiger partial charge on any atom is 0.338 e. The largest absolute Gasteiger partial charge is 0.493 e. The molecule has 2 aromatic carbocycles. The number of allylic oxidation sites excluding steroid dienone is 1. The molecule has 3 amide bonds. The molecule has 0 aliphatic carbocycles. The van der Waals surface area contributed by atoms with Crippen molar-refractivity contribution in [2.24, 2.45) is 0 Å². The zero-order valence-electron chi connectivity index (χ0n) is 20.9. The van der Waals surface area contributed by atoms with Crippen molar-refractivity contribution in [1.82, 2.24) is 16.0 Å². The average Bonchev–Trinajstić information content (AvgIpc) is 2.88. The number of carbonyl (C=O) groups is 3. The molecule has 1 aliphatic rings. The van der Waals surface area contributed by atoms with E-state index in [4.69, 9.17) is 14.2 Å². The maximum atomic E-state index is 12.8. The second-order valence-corrected chi connectivity index (χ2v) is 8.18. The van der Waals surface area contributed by atoms with Crippen LogP contribution in [0.1, 0.15) is 43.9 Å². The summed E-state index contributed by atoms with van der Waals surface area (Å²) in [5.74, 6) is -0.00267. The summed E-state index contributed by atoms with van der Waals surface area (Å²) in [7, 11) is 1.48. The van der Waals surface area contributed by atoms with Crippen molar-refractivity contribution in [2.45, 2.75) is 39.2 Å². The third-order valence-electron chi connectivity index (χ3n) is 5.61. The summed E-state index contributed by atoms with van der Waals surface area (Å²) < 4.78 is 16.4. The number of benzene rings is 2. The van der Waals surface area contributed by atoms with E-state index in [0.29, 0.717) is 41.3 Å². The Morgan fingerprint density at radius 3 is 2.50 bits per heavy atom. The predicted molar refractivity (Wildman–Crippen MR) is 135 cm³/mol. The first-order valence-electron chi connectivity index (χ1n) is 12.1. The van der Waals surface area contributed by atoms with Gasteiger partial charge in [0.05, 0.1) is 25.3 Å². The van der Waals surface area contributed by atoms with E-state index in [9.17, 15) is 14.4 Å². The number of methoxy groups -OCH3 is 1. The Balaban J connectivity index is 1.71. The molecule has 2 aromatic rings. The van der Waals surface area contributed by atoms with E-state index in [1.807, 2.05) is 37.3 Å². The highest BCUT2D eigenvalue weighted by molar-refractivity contribution is 5.95. The number of urea groups is 1. The van der Waals surface area contributed by atoms with Crippen LogP contribution in [0.15, 0.2) is 59.8 Å². The van der Waals surface area contributed by atoms with Gasteiger partial charge in [0, 0.05) is 12.2 Å². The summed E-state index contributed by atoms with van der Waals surface area (Å²) >= 11 is 0. The number of amides is 3. The number of ether oxygens (including phenoxy) is 3. The summed E-state index contributed by atoms with van der Waals surface area (Å²) in [5.41, 5.74) is 2.65. The highest BCUT2D eigenvalue weighted by Gasteiger charge is 2.33. The van der Waals surface area contributed by atoms with Gasteiger partial charge >= 0.3 is 12.0 Å². The van der Waals surface area contributed by atoms with Crippen molar-refractivity contribution in [2.75, 3.05) is 26.9 Å². The first kappa shape index (κ1) is 26.6. The molecule has 3 N–H and O–H groups in total. The molecule has 3 rings (SSSR count). The molecule has 9 nitrogen and oxygen atoms in total. The molecule has 0 bridgehead atoms. The van der Waals surface area contributed by atoms with Crippen LogP contribution in [0.3, 0.4) is 0 Å². The van der Waals surface area contributed by atoms with Crippen molar-refractivity contribution in [1.29, 1.82) is 0 Å². The van der Waals surface area contributed by atoms with E-state index >= 15 is 0 Å². The van der Waals surface area contributed by atoms with Gasteiger partial charge in [-0.05, 0) is 43.0 Å². The highest BCUT2D eigenvalue weighted by Crippen LogP contribution is 2.35. The first-order chi connectivity index (χ1) is 17.5. The molecule has 0 aromatic heterocycles. The van der Waals surface area contributed by atoms with E-state index < -0.39 is 18.0 Å². The average molecular weight is 496 g/mol. The van der Waals surface area contributed by atoms with Gasteiger partial charge in [-0.15, -0.1) is 0 Å². The van der Waals surface area contributed by atoms with Crippen molar-refractivity contribution < 1.29 is 28.6 Å². The lowest BCUT2D eigenvalue weighted by molar-refractivity contribution is -0.139. The fourth-order valence-corrected chi connectivity index (χ4v) is 3.93. The van der Waals surface area contributed by atoms with Crippen molar-refractivity contribution >= 4 is 17.9 Å². The van der Waals surface area contributed by atoms with E-state index in [-0.39, 0.29) is 19.1 Å². The molecule has 0 spiro atoms. The van der Waals surface area contributed by atoms with Gasteiger partial charge in [-0.2, -0.15) is 0 Å². The third kappa shape index (κ3) is 7.00. The number of nitrogens with one attached hydrogen (secondary N) is 3. The second kappa shape index (κ2) is 13.2. The van der Waals surface area contributed by atoms with E-state index in [1.54, 1.807) is 25.1 Å². The first-order valence-corrected chi connectivity index (χ1v) is 12.1. The predicted octanol–water partition coefficient (Wildman–Crippen LogP) is 3.40. The van der Waals surface area contributed by atoms with Crippen LogP contribution in [0.2, 0.25) is 0 Å². The molecule has 9 heteroatoms. The molecule has 0 unspecified atom stereocenters. The van der Waals surface area contributed by atoms with Gasteiger partial charge < -0.3 is 30.2 Å². The molecule has 1 heterocycles. The van der Waals surface area contributed by atoms with Crippen LogP contribution in [0.4, 0.5) is 4.79 Å². The van der Waals surface area contributed by atoms with Gasteiger partial charge in [0.25, 0.3) is 5.91 Å². The topological polar surface area (TPSA) is 115 Å². The normalized spacial score (nSPS) is 15.0. The van der Waals surface area contributed by atoms with Gasteiger partial charge in [-0.3, -0.25) is 4.79 Å². The number of carbonyl (C=O) groups excluding carboxylic acids is 3. The number of hydrogen-bond acceptors (Lipinski definition) is 6. The van der Waals surface area contributed by atoms with Crippen LogP contribution in [0.5, 0.6) is 11.5 Å². The standard InChI is InChI=1S/C27H33N3O6/c1-4-9-20-24(26(32)35-5-2)25(30-27(33)29-20)19-12-13-21(22(16-19)34-3)36-17-23(31)28-15-14-18-10-7-6-8-11-18/h6-8,10-13,16,25H,4-5,9,14-15,17H2,1-3H3,(H,28,31)(H2,29,30,33)/t25-/m0/s1. The smallest absolute Gasteiger partial charge is 0.338 e. The quantitative estimate of drug-likeness (QED) is 0.389. The van der Waals surface area contributed by atoms with Gasteiger partial charge in [0.15, 0.2) is 18.1 Å². The summed E-state index contributed by atoms with van der Waals surface area (Å²) in [5, 5.41) is 8.37. The monoisotopic (exact) mass is 495 g/mol. The molecule has 0 saturated heterocycles. The SMILES string of the molecule is CCCC1=C(C(=O)OCC)[C@H](c2ccc(OCC(=O)NCCc3ccccc3)c(OC)c2)NC(=O)N1. The molecule has 1 aliphatic heterocycles. The molecule has 0 fully saturated rings. The van der Waals surface area contributed by atoms with Crippen LogP contribution >= 0.6 is 0 Å². The highest BCUT2D eigenvalue weighted by atomic mass is 16.5. The van der Waals surface area contributed by atoms with E-state index in [2.05, 4.69) is 16.0 Å². The van der Waals surface area contributed by atoms with E-state index in [1.165, 1.54) is 7.11 Å². The Morgan fingerprint density at radius 2 is 1.81 bits per heavy atom. The van der Waals surface area contributed by atoms with Crippen LogP contribution < -0.4 is 25.4 Å². The fourth-order valence-electron chi connectivity index (χ4n) is 3.93. The Labute approximate surface area is 211 Å². The maximum absolute atomic E-state index is 12.8. The van der Waals surface area contributed by atoms with Crippen molar-refractivity contribution in [3.8, 4) is 11.5 Å². The third-order valence-corrected chi connectivity index (χ3v) is 5.61. The van der Waals surface area contributed by atoms with Crippen molar-refractivity contribution in [3.05, 3.63) is 70.9 Å². The second-order valence-electron chi connectivity index (χ2n) is 8.18. The molecule has 36 heavy (non-hydrogen) atoms.